The second-order valence-electron chi connectivity index (χ2n) is 5.84. The van der Waals surface area contributed by atoms with Crippen LogP contribution in [0.3, 0.4) is 0 Å². The largest absolute Gasteiger partial charge is 0.481 e. The van der Waals surface area contributed by atoms with E-state index in [-0.39, 0.29) is 28.1 Å². The number of H-pyrrole nitrogens is 1. The number of rotatable bonds is 5. The molecule has 0 radical (unpaired) electrons. The van der Waals surface area contributed by atoms with Gasteiger partial charge < -0.3 is 10.1 Å². The Morgan fingerprint density at radius 2 is 1.85 bits per heavy atom. The van der Waals surface area contributed by atoms with Gasteiger partial charge in [-0.2, -0.15) is 0 Å². The van der Waals surface area contributed by atoms with Crippen LogP contribution in [0.2, 0.25) is 5.02 Å². The van der Waals surface area contributed by atoms with Crippen LogP contribution >= 0.6 is 11.6 Å². The van der Waals surface area contributed by atoms with Gasteiger partial charge in [0.2, 0.25) is 5.78 Å². The maximum atomic E-state index is 13.0. The Morgan fingerprint density at radius 3 is 2.50 bits per heavy atom. The number of carbonyl (C=O) groups excluding carboxylic acids is 1. The number of hydrogen-bond acceptors (Lipinski definition) is 4. The Balaban J connectivity index is 2.26. The zero-order valence-electron chi connectivity index (χ0n) is 13.6. The smallest absolute Gasteiger partial charge is 0.307 e. The van der Waals surface area contributed by atoms with E-state index in [1.54, 1.807) is 24.3 Å². The average molecular weight is 392 g/mol. The summed E-state index contributed by atoms with van der Waals surface area (Å²) in [6, 6.07) is 10.6. The minimum atomic E-state index is -3.63. The first-order valence-corrected chi connectivity index (χ1v) is 9.81. The number of sulfone groups is 1. The van der Waals surface area contributed by atoms with Crippen molar-refractivity contribution in [3.05, 3.63) is 64.3 Å². The first-order chi connectivity index (χ1) is 12.2. The summed E-state index contributed by atoms with van der Waals surface area (Å²) in [6.45, 7) is 0. The molecule has 3 aromatic rings. The molecule has 0 aliphatic heterocycles. The Bertz CT molecular complexity index is 1150. The number of fused-ring (bicyclic) bond motifs is 1. The Morgan fingerprint density at radius 1 is 1.15 bits per heavy atom. The van der Waals surface area contributed by atoms with Crippen molar-refractivity contribution >= 4 is 44.1 Å². The Hall–Kier alpha value is -2.64. The van der Waals surface area contributed by atoms with Crippen molar-refractivity contribution < 1.29 is 23.1 Å². The molecule has 2 aromatic carbocycles. The summed E-state index contributed by atoms with van der Waals surface area (Å²) >= 11 is 5.97. The molecule has 0 bridgehead atoms. The minimum absolute atomic E-state index is 0.0145. The second-order valence-corrected chi connectivity index (χ2v) is 8.26. The third kappa shape index (κ3) is 3.36. The van der Waals surface area contributed by atoms with E-state index in [1.807, 2.05) is 0 Å². The van der Waals surface area contributed by atoms with Gasteiger partial charge in [-0.05, 0) is 24.3 Å². The number of carboxylic acids is 1. The van der Waals surface area contributed by atoms with Gasteiger partial charge in [0.25, 0.3) is 0 Å². The highest BCUT2D eigenvalue weighted by molar-refractivity contribution is 7.90. The SMILES string of the molecule is CS(=O)(=O)c1ccccc1C(=O)c1[nH]c2cc(Cl)ccc2c1CC(=O)O. The highest BCUT2D eigenvalue weighted by Gasteiger charge is 2.25. The van der Waals surface area contributed by atoms with Gasteiger partial charge in [0.1, 0.15) is 0 Å². The standard InChI is InChI=1S/C18H14ClNO5S/c1-26(24,25)15-5-3-2-4-12(15)18(23)17-13(9-16(21)22)11-7-6-10(19)8-14(11)20-17/h2-8,20H,9H2,1H3,(H,21,22). The quantitative estimate of drug-likeness (QED) is 0.650. The summed E-state index contributed by atoms with van der Waals surface area (Å²) < 4.78 is 24.0. The van der Waals surface area contributed by atoms with Crippen LogP contribution in [0.1, 0.15) is 21.6 Å². The van der Waals surface area contributed by atoms with E-state index in [0.717, 1.165) is 6.26 Å². The van der Waals surface area contributed by atoms with Crippen molar-refractivity contribution in [2.24, 2.45) is 0 Å². The van der Waals surface area contributed by atoms with E-state index in [9.17, 15) is 23.1 Å². The van der Waals surface area contributed by atoms with E-state index < -0.39 is 21.6 Å². The van der Waals surface area contributed by atoms with Crippen LogP contribution < -0.4 is 0 Å². The number of ketones is 1. The number of carbonyl (C=O) groups is 2. The molecule has 1 heterocycles. The molecule has 3 rings (SSSR count). The van der Waals surface area contributed by atoms with E-state index in [4.69, 9.17) is 11.6 Å². The first kappa shape index (κ1) is 18.2. The molecule has 0 aliphatic rings. The zero-order valence-corrected chi connectivity index (χ0v) is 15.2. The molecule has 8 heteroatoms. The Labute approximate surface area is 154 Å². The third-order valence-electron chi connectivity index (χ3n) is 3.95. The van der Waals surface area contributed by atoms with Crippen LogP contribution in [0, 0.1) is 0 Å². The van der Waals surface area contributed by atoms with Gasteiger partial charge in [0.15, 0.2) is 9.84 Å². The molecule has 26 heavy (non-hydrogen) atoms. The lowest BCUT2D eigenvalue weighted by Gasteiger charge is -2.07. The molecule has 0 saturated carbocycles. The van der Waals surface area contributed by atoms with Gasteiger partial charge in [-0.25, -0.2) is 8.42 Å². The molecule has 134 valence electrons. The predicted molar refractivity (Wildman–Crippen MR) is 97.6 cm³/mol. The number of carboxylic acid groups (broad SMARTS) is 1. The van der Waals surface area contributed by atoms with Gasteiger partial charge >= 0.3 is 5.97 Å². The van der Waals surface area contributed by atoms with Crippen LogP contribution in [0.5, 0.6) is 0 Å². The normalized spacial score (nSPS) is 11.6. The summed E-state index contributed by atoms with van der Waals surface area (Å²) in [5, 5.41) is 10.2. The summed E-state index contributed by atoms with van der Waals surface area (Å²) in [5.41, 5.74) is 0.825. The lowest BCUT2D eigenvalue weighted by molar-refractivity contribution is -0.136. The number of aromatic nitrogens is 1. The van der Waals surface area contributed by atoms with Crippen molar-refractivity contribution in [1.29, 1.82) is 0 Å². The number of aliphatic carboxylic acids is 1. The van der Waals surface area contributed by atoms with Crippen LogP contribution in [-0.2, 0) is 21.1 Å². The van der Waals surface area contributed by atoms with Crippen molar-refractivity contribution in [2.45, 2.75) is 11.3 Å². The van der Waals surface area contributed by atoms with Crippen LogP contribution in [-0.4, -0.2) is 36.5 Å². The summed E-state index contributed by atoms with van der Waals surface area (Å²) in [5.74, 6) is -1.69. The lowest BCUT2D eigenvalue weighted by Crippen LogP contribution is -2.12. The maximum absolute atomic E-state index is 13.0. The highest BCUT2D eigenvalue weighted by Crippen LogP contribution is 2.29. The molecular formula is C18H14ClNO5S. The van der Waals surface area contributed by atoms with Gasteiger partial charge in [-0.1, -0.05) is 29.8 Å². The van der Waals surface area contributed by atoms with Gasteiger partial charge in [-0.3, -0.25) is 9.59 Å². The molecule has 2 N–H and O–H groups in total. The summed E-state index contributed by atoms with van der Waals surface area (Å²) in [6.07, 6.45) is 0.631. The average Bonchev–Trinajstić information content (AvgIpc) is 2.90. The van der Waals surface area contributed by atoms with Crippen LogP contribution in [0.15, 0.2) is 47.4 Å². The van der Waals surface area contributed by atoms with Crippen molar-refractivity contribution in [2.75, 3.05) is 6.26 Å². The monoisotopic (exact) mass is 391 g/mol. The number of aromatic amines is 1. The fourth-order valence-corrected chi connectivity index (χ4v) is 3.93. The van der Waals surface area contributed by atoms with Crippen LogP contribution in [0.4, 0.5) is 0 Å². The molecule has 0 aliphatic carbocycles. The van der Waals surface area contributed by atoms with Crippen molar-refractivity contribution in [3.63, 3.8) is 0 Å². The summed E-state index contributed by atoms with van der Waals surface area (Å²) in [7, 11) is -3.63. The zero-order chi connectivity index (χ0) is 19.1. The Kier molecular flexibility index (Phi) is 4.60. The number of hydrogen-bond donors (Lipinski definition) is 2. The highest BCUT2D eigenvalue weighted by atomic mass is 35.5. The molecule has 0 saturated heterocycles. The van der Waals surface area contributed by atoms with Crippen LogP contribution in [0.25, 0.3) is 10.9 Å². The van der Waals surface area contributed by atoms with E-state index in [1.165, 1.54) is 18.2 Å². The molecule has 0 fully saturated rings. The minimum Gasteiger partial charge on any atom is -0.481 e. The third-order valence-corrected chi connectivity index (χ3v) is 5.34. The fraction of sp³-hybridized carbons (Fsp3) is 0.111. The molecule has 1 aromatic heterocycles. The molecule has 6 nitrogen and oxygen atoms in total. The summed E-state index contributed by atoms with van der Waals surface area (Å²) in [4.78, 5) is 27.1. The van der Waals surface area contributed by atoms with E-state index in [2.05, 4.69) is 4.98 Å². The number of halogens is 1. The fourth-order valence-electron chi connectivity index (χ4n) is 2.87. The van der Waals surface area contributed by atoms with E-state index >= 15 is 0 Å². The lowest BCUT2D eigenvalue weighted by atomic mass is 10.0. The predicted octanol–water partition coefficient (Wildman–Crippen LogP) is 3.08. The van der Waals surface area contributed by atoms with Gasteiger partial charge in [0, 0.05) is 33.3 Å². The van der Waals surface area contributed by atoms with E-state index in [0.29, 0.717) is 15.9 Å². The maximum Gasteiger partial charge on any atom is 0.307 e. The number of benzene rings is 2. The number of nitrogens with one attached hydrogen (secondary N) is 1. The van der Waals surface area contributed by atoms with Gasteiger partial charge in [0.05, 0.1) is 17.0 Å². The molecule has 0 spiro atoms. The van der Waals surface area contributed by atoms with Crippen molar-refractivity contribution in [3.8, 4) is 0 Å². The molecule has 0 unspecified atom stereocenters. The molecule has 0 atom stereocenters. The topological polar surface area (TPSA) is 104 Å². The molecule has 0 amide bonds. The molecular weight excluding hydrogens is 378 g/mol. The second kappa shape index (κ2) is 6.59. The van der Waals surface area contributed by atoms with Gasteiger partial charge in [-0.15, -0.1) is 0 Å². The van der Waals surface area contributed by atoms with Crippen molar-refractivity contribution in [1.82, 2.24) is 4.98 Å². The first-order valence-electron chi connectivity index (χ1n) is 7.54.